The van der Waals surface area contributed by atoms with Gasteiger partial charge < -0.3 is 4.74 Å². The zero-order valence-corrected chi connectivity index (χ0v) is 17.1. The van der Waals surface area contributed by atoms with Crippen LogP contribution in [0.1, 0.15) is 42.4 Å². The van der Waals surface area contributed by atoms with E-state index < -0.39 is 5.41 Å². The molecule has 0 radical (unpaired) electrons. The molecule has 3 aromatic carbocycles. The lowest BCUT2D eigenvalue weighted by atomic mass is 9.51. The summed E-state index contributed by atoms with van der Waals surface area (Å²) in [5.41, 5.74) is 2.65. The summed E-state index contributed by atoms with van der Waals surface area (Å²) in [4.78, 5) is 13.5. The molecule has 0 saturated heterocycles. The Labute approximate surface area is 172 Å². The van der Waals surface area contributed by atoms with Crippen molar-refractivity contribution < 1.29 is 9.53 Å². The summed E-state index contributed by atoms with van der Waals surface area (Å²) in [7, 11) is 1.53. The third-order valence-corrected chi connectivity index (χ3v) is 7.85. The minimum atomic E-state index is -0.571. The molecule has 0 heterocycles. The number of carbonyl (C=O) groups excluding carboxylic acids is 1. The lowest BCUT2D eigenvalue weighted by Crippen LogP contribution is -2.50. The van der Waals surface area contributed by atoms with Gasteiger partial charge in [0.05, 0.1) is 12.5 Å². The molecule has 0 aliphatic heterocycles. The summed E-state index contributed by atoms with van der Waals surface area (Å²) in [6.45, 7) is 4.49. The maximum atomic E-state index is 13.5. The Morgan fingerprint density at radius 1 is 0.724 bits per heavy atom. The zero-order chi connectivity index (χ0) is 20.3. The van der Waals surface area contributed by atoms with E-state index in [1.165, 1.54) is 23.8 Å². The summed E-state index contributed by atoms with van der Waals surface area (Å²) in [6, 6.07) is 31.7. The first kappa shape index (κ1) is 18.2. The van der Waals surface area contributed by atoms with Crippen LogP contribution in [0.3, 0.4) is 0 Å². The molecule has 2 aliphatic rings. The van der Waals surface area contributed by atoms with Gasteiger partial charge >= 0.3 is 5.97 Å². The summed E-state index contributed by atoms with van der Waals surface area (Å²) in [5, 5.41) is 0. The highest BCUT2D eigenvalue weighted by atomic mass is 16.5. The highest BCUT2D eigenvalue weighted by Gasteiger charge is 2.99. The lowest BCUT2D eigenvalue weighted by Gasteiger charge is -2.50. The van der Waals surface area contributed by atoms with E-state index in [9.17, 15) is 4.79 Å². The van der Waals surface area contributed by atoms with Crippen LogP contribution in [0, 0.1) is 10.8 Å². The Morgan fingerprint density at radius 2 is 1.17 bits per heavy atom. The van der Waals surface area contributed by atoms with E-state index in [0.717, 1.165) is 0 Å². The second-order valence-corrected chi connectivity index (χ2v) is 8.88. The largest absolute Gasteiger partial charge is 0.469 e. The molecule has 0 spiro atoms. The van der Waals surface area contributed by atoms with E-state index >= 15 is 0 Å². The fourth-order valence-corrected chi connectivity index (χ4v) is 6.99. The standard InChI is InChI=1S/C27H26O2/c1-25(2)26(21-17-11-6-12-18-21)22(19-13-7-4-8-14-19)23(20-15-9-5-10-16-20)27(25,26)24(28)29-3/h4-18,22-23H,1-3H3/t22-,23+,26-,27-/m0/s1. The van der Waals surface area contributed by atoms with Gasteiger partial charge in [-0.25, -0.2) is 0 Å². The van der Waals surface area contributed by atoms with Crippen molar-refractivity contribution in [2.24, 2.45) is 10.8 Å². The molecule has 29 heavy (non-hydrogen) atoms. The van der Waals surface area contributed by atoms with E-state index in [0.29, 0.717) is 0 Å². The van der Waals surface area contributed by atoms with Gasteiger partial charge in [0.1, 0.15) is 0 Å². The van der Waals surface area contributed by atoms with Crippen molar-refractivity contribution in [2.45, 2.75) is 31.1 Å². The summed E-state index contributed by atoms with van der Waals surface area (Å²) in [6.07, 6.45) is 0. The van der Waals surface area contributed by atoms with Crippen LogP contribution in [0.2, 0.25) is 0 Å². The van der Waals surface area contributed by atoms with Crippen LogP contribution >= 0.6 is 0 Å². The molecule has 0 unspecified atom stereocenters. The maximum Gasteiger partial charge on any atom is 0.313 e. The molecule has 4 atom stereocenters. The Bertz CT molecular complexity index is 1040. The molecule has 5 rings (SSSR count). The number of carbonyl (C=O) groups is 1. The van der Waals surface area contributed by atoms with Crippen molar-refractivity contribution in [3.05, 3.63) is 108 Å². The lowest BCUT2D eigenvalue weighted by molar-refractivity contribution is -0.154. The fourth-order valence-electron chi connectivity index (χ4n) is 6.99. The van der Waals surface area contributed by atoms with Crippen LogP contribution < -0.4 is 0 Å². The van der Waals surface area contributed by atoms with Crippen molar-refractivity contribution in [3.8, 4) is 0 Å². The van der Waals surface area contributed by atoms with Crippen molar-refractivity contribution in [3.63, 3.8) is 0 Å². The Morgan fingerprint density at radius 3 is 1.66 bits per heavy atom. The van der Waals surface area contributed by atoms with Crippen LogP contribution in [0.25, 0.3) is 0 Å². The SMILES string of the molecule is COC(=O)[C@]12[C@H](c3ccccc3)[C@H](c3ccccc3)[C@@]1(c1ccccc1)C2(C)C. The quantitative estimate of drug-likeness (QED) is 0.541. The average molecular weight is 383 g/mol. The number of esters is 1. The predicted octanol–water partition coefficient (Wildman–Crippen LogP) is 5.70. The van der Waals surface area contributed by atoms with E-state index in [4.69, 9.17) is 4.74 Å². The molecule has 0 N–H and O–H groups in total. The first-order valence-electron chi connectivity index (χ1n) is 10.3. The topological polar surface area (TPSA) is 26.3 Å². The van der Waals surface area contributed by atoms with E-state index in [-0.39, 0.29) is 28.6 Å². The third kappa shape index (κ3) is 1.90. The molecule has 3 aromatic rings. The molecule has 0 bridgehead atoms. The first-order chi connectivity index (χ1) is 14.0. The van der Waals surface area contributed by atoms with Crippen LogP contribution in [0.5, 0.6) is 0 Å². The molecular weight excluding hydrogens is 356 g/mol. The number of hydrogen-bond donors (Lipinski definition) is 0. The van der Waals surface area contributed by atoms with Gasteiger partial charge in [-0.15, -0.1) is 0 Å². The highest BCUT2D eigenvalue weighted by Crippen LogP contribution is 2.97. The Hall–Kier alpha value is -2.87. The molecule has 0 amide bonds. The van der Waals surface area contributed by atoms with Crippen LogP contribution in [0.15, 0.2) is 91.0 Å². The van der Waals surface area contributed by atoms with Crippen molar-refractivity contribution in [1.82, 2.24) is 0 Å². The number of methoxy groups -OCH3 is 1. The van der Waals surface area contributed by atoms with E-state index in [1.54, 1.807) is 0 Å². The van der Waals surface area contributed by atoms with Crippen molar-refractivity contribution in [2.75, 3.05) is 7.11 Å². The van der Waals surface area contributed by atoms with Gasteiger partial charge in [0.15, 0.2) is 0 Å². The van der Waals surface area contributed by atoms with Gasteiger partial charge in [-0.05, 0) is 22.1 Å². The van der Waals surface area contributed by atoms with Gasteiger partial charge in [-0.1, -0.05) is 105 Å². The monoisotopic (exact) mass is 382 g/mol. The first-order valence-corrected chi connectivity index (χ1v) is 10.3. The fraction of sp³-hybridized carbons (Fsp3) is 0.296. The molecule has 2 saturated carbocycles. The number of ether oxygens (including phenoxy) is 1. The van der Waals surface area contributed by atoms with Gasteiger partial charge in [-0.2, -0.15) is 0 Å². The Balaban J connectivity index is 1.81. The zero-order valence-electron chi connectivity index (χ0n) is 17.1. The van der Waals surface area contributed by atoms with Gasteiger partial charge in [0, 0.05) is 17.3 Å². The highest BCUT2D eigenvalue weighted by molar-refractivity contribution is 5.93. The van der Waals surface area contributed by atoms with Crippen molar-refractivity contribution >= 4 is 5.97 Å². The molecule has 2 aliphatic carbocycles. The molecule has 146 valence electrons. The Kier molecular flexibility index (Phi) is 3.80. The summed E-state index contributed by atoms with van der Waals surface area (Å²) < 4.78 is 5.48. The number of rotatable bonds is 4. The summed E-state index contributed by atoms with van der Waals surface area (Å²) >= 11 is 0. The smallest absolute Gasteiger partial charge is 0.313 e. The van der Waals surface area contributed by atoms with Gasteiger partial charge in [-0.3, -0.25) is 4.79 Å². The van der Waals surface area contributed by atoms with Crippen LogP contribution in [-0.2, 0) is 14.9 Å². The van der Waals surface area contributed by atoms with Crippen molar-refractivity contribution in [1.29, 1.82) is 0 Å². The van der Waals surface area contributed by atoms with Gasteiger partial charge in [0.25, 0.3) is 0 Å². The second kappa shape index (κ2) is 6.06. The number of hydrogen-bond acceptors (Lipinski definition) is 2. The molecule has 0 aromatic heterocycles. The predicted molar refractivity (Wildman–Crippen MR) is 115 cm³/mol. The molecule has 2 nitrogen and oxygen atoms in total. The van der Waals surface area contributed by atoms with E-state index in [1.807, 2.05) is 12.1 Å². The average Bonchev–Trinajstić information content (AvgIpc) is 3.13. The van der Waals surface area contributed by atoms with Crippen LogP contribution in [0.4, 0.5) is 0 Å². The third-order valence-electron chi connectivity index (χ3n) is 7.85. The minimum absolute atomic E-state index is 0.0776. The maximum absolute atomic E-state index is 13.5. The minimum Gasteiger partial charge on any atom is -0.469 e. The molecular formula is C27H26O2. The summed E-state index contributed by atoms with van der Waals surface area (Å²) in [5.74, 6) is 0.198. The number of fused-ring (bicyclic) bond motifs is 1. The normalized spacial score (nSPS) is 31.3. The van der Waals surface area contributed by atoms with Crippen LogP contribution in [-0.4, -0.2) is 13.1 Å². The number of benzene rings is 3. The van der Waals surface area contributed by atoms with E-state index in [2.05, 4.69) is 92.7 Å². The molecule has 2 fully saturated rings. The molecule has 2 heteroatoms. The van der Waals surface area contributed by atoms with Gasteiger partial charge in [0.2, 0.25) is 0 Å². The second-order valence-electron chi connectivity index (χ2n) is 8.88.